The fraction of sp³-hybridized carbons (Fsp3) is 0.733. The molecule has 1 N–H and O–H groups in total. The fourth-order valence-corrected chi connectivity index (χ4v) is 2.70. The first kappa shape index (κ1) is 14.4. The van der Waals surface area contributed by atoms with Gasteiger partial charge in [0, 0.05) is 31.6 Å². The zero-order chi connectivity index (χ0) is 13.7. The van der Waals surface area contributed by atoms with Crippen molar-refractivity contribution < 1.29 is 4.74 Å². The SMILES string of the molecule is CCNCc1cnc(C2(OC)CCC(C)CC2)nc1. The molecule has 1 aromatic rings. The van der Waals surface area contributed by atoms with Crippen molar-refractivity contribution in [3.8, 4) is 0 Å². The molecule has 0 aliphatic heterocycles. The van der Waals surface area contributed by atoms with Gasteiger partial charge in [-0.3, -0.25) is 0 Å². The number of ether oxygens (including phenoxy) is 1. The van der Waals surface area contributed by atoms with Gasteiger partial charge in [-0.1, -0.05) is 13.8 Å². The summed E-state index contributed by atoms with van der Waals surface area (Å²) in [6.45, 7) is 6.19. The van der Waals surface area contributed by atoms with E-state index >= 15 is 0 Å². The van der Waals surface area contributed by atoms with Gasteiger partial charge in [0.2, 0.25) is 0 Å². The van der Waals surface area contributed by atoms with Gasteiger partial charge in [0.25, 0.3) is 0 Å². The van der Waals surface area contributed by atoms with Crippen LogP contribution in [0.1, 0.15) is 50.9 Å². The van der Waals surface area contributed by atoms with Crippen LogP contribution in [0.4, 0.5) is 0 Å². The van der Waals surface area contributed by atoms with E-state index in [4.69, 9.17) is 4.74 Å². The van der Waals surface area contributed by atoms with Gasteiger partial charge in [0.05, 0.1) is 0 Å². The molecule has 0 spiro atoms. The summed E-state index contributed by atoms with van der Waals surface area (Å²) in [7, 11) is 1.78. The lowest BCUT2D eigenvalue weighted by Crippen LogP contribution is -2.35. The average molecular weight is 263 g/mol. The lowest BCUT2D eigenvalue weighted by molar-refractivity contribution is -0.0597. The van der Waals surface area contributed by atoms with E-state index in [1.807, 2.05) is 12.4 Å². The van der Waals surface area contributed by atoms with Crippen LogP contribution in [0, 0.1) is 5.92 Å². The largest absolute Gasteiger partial charge is 0.370 e. The number of hydrogen-bond acceptors (Lipinski definition) is 4. The van der Waals surface area contributed by atoms with Gasteiger partial charge in [-0.25, -0.2) is 9.97 Å². The van der Waals surface area contributed by atoms with Crippen LogP contribution in [0.25, 0.3) is 0 Å². The van der Waals surface area contributed by atoms with Crippen molar-refractivity contribution in [3.63, 3.8) is 0 Å². The van der Waals surface area contributed by atoms with E-state index in [2.05, 4.69) is 29.1 Å². The molecule has 0 unspecified atom stereocenters. The molecule has 1 heterocycles. The Labute approximate surface area is 116 Å². The molecule has 106 valence electrons. The summed E-state index contributed by atoms with van der Waals surface area (Å²) in [6.07, 6.45) is 8.27. The van der Waals surface area contributed by atoms with Crippen molar-refractivity contribution in [1.82, 2.24) is 15.3 Å². The smallest absolute Gasteiger partial charge is 0.160 e. The Morgan fingerprint density at radius 3 is 2.47 bits per heavy atom. The van der Waals surface area contributed by atoms with Gasteiger partial charge in [-0.15, -0.1) is 0 Å². The van der Waals surface area contributed by atoms with E-state index in [1.54, 1.807) is 7.11 Å². The van der Waals surface area contributed by atoms with Crippen LogP contribution in [0.2, 0.25) is 0 Å². The van der Waals surface area contributed by atoms with Gasteiger partial charge in [0.15, 0.2) is 5.82 Å². The molecule has 2 rings (SSSR count). The van der Waals surface area contributed by atoms with Crippen molar-refractivity contribution in [2.45, 2.75) is 51.7 Å². The number of aromatic nitrogens is 2. The standard InChI is InChI=1S/C15H25N3O/c1-4-16-9-13-10-17-14(18-11-13)15(19-3)7-5-12(2)6-8-15/h10-12,16H,4-9H2,1-3H3. The fourth-order valence-electron chi connectivity index (χ4n) is 2.70. The third-order valence-corrected chi connectivity index (χ3v) is 4.16. The highest BCUT2D eigenvalue weighted by atomic mass is 16.5. The van der Waals surface area contributed by atoms with Crippen LogP contribution >= 0.6 is 0 Å². The number of nitrogens with zero attached hydrogens (tertiary/aromatic N) is 2. The van der Waals surface area contributed by atoms with E-state index in [0.29, 0.717) is 0 Å². The summed E-state index contributed by atoms with van der Waals surface area (Å²) < 4.78 is 5.79. The maximum atomic E-state index is 5.79. The third kappa shape index (κ3) is 3.31. The Bertz CT molecular complexity index is 383. The molecule has 0 atom stereocenters. The maximum Gasteiger partial charge on any atom is 0.160 e. The number of rotatable bonds is 5. The molecule has 0 radical (unpaired) electrons. The highest BCUT2D eigenvalue weighted by Crippen LogP contribution is 2.40. The highest BCUT2D eigenvalue weighted by Gasteiger charge is 2.38. The summed E-state index contributed by atoms with van der Waals surface area (Å²) in [5.41, 5.74) is 0.865. The van der Waals surface area contributed by atoms with E-state index in [1.165, 1.54) is 12.8 Å². The second-order valence-electron chi connectivity index (χ2n) is 5.58. The predicted molar refractivity (Wildman–Crippen MR) is 75.7 cm³/mol. The van der Waals surface area contributed by atoms with Crippen molar-refractivity contribution in [2.24, 2.45) is 5.92 Å². The van der Waals surface area contributed by atoms with Crippen LogP contribution in [-0.2, 0) is 16.9 Å². The molecule has 0 aromatic carbocycles. The first-order valence-corrected chi connectivity index (χ1v) is 7.27. The normalized spacial score (nSPS) is 27.4. The Kier molecular flexibility index (Phi) is 4.88. The summed E-state index contributed by atoms with van der Waals surface area (Å²) in [5, 5.41) is 3.28. The minimum absolute atomic E-state index is 0.261. The van der Waals surface area contributed by atoms with Crippen LogP contribution in [0.15, 0.2) is 12.4 Å². The van der Waals surface area contributed by atoms with Crippen molar-refractivity contribution in [3.05, 3.63) is 23.8 Å². The molecular formula is C15H25N3O. The minimum Gasteiger partial charge on any atom is -0.370 e. The molecule has 19 heavy (non-hydrogen) atoms. The molecule has 1 aliphatic carbocycles. The van der Waals surface area contributed by atoms with E-state index in [0.717, 1.165) is 43.2 Å². The first-order chi connectivity index (χ1) is 9.20. The summed E-state index contributed by atoms with van der Waals surface area (Å²) >= 11 is 0. The van der Waals surface area contributed by atoms with Crippen molar-refractivity contribution >= 4 is 0 Å². The van der Waals surface area contributed by atoms with E-state index < -0.39 is 0 Å². The zero-order valence-electron chi connectivity index (χ0n) is 12.3. The molecule has 0 amide bonds. The molecule has 4 nitrogen and oxygen atoms in total. The zero-order valence-corrected chi connectivity index (χ0v) is 12.3. The van der Waals surface area contributed by atoms with Gasteiger partial charge < -0.3 is 10.1 Å². The second-order valence-corrected chi connectivity index (χ2v) is 5.58. The van der Waals surface area contributed by atoms with Gasteiger partial charge in [0.1, 0.15) is 5.60 Å². The average Bonchev–Trinajstić information content (AvgIpc) is 2.47. The Hall–Kier alpha value is -1.00. The van der Waals surface area contributed by atoms with Crippen LogP contribution < -0.4 is 5.32 Å². The monoisotopic (exact) mass is 263 g/mol. The maximum absolute atomic E-state index is 5.79. The minimum atomic E-state index is -0.261. The molecule has 1 saturated carbocycles. The summed E-state index contributed by atoms with van der Waals surface area (Å²) in [5.74, 6) is 1.64. The Morgan fingerprint density at radius 2 is 1.95 bits per heavy atom. The van der Waals surface area contributed by atoms with E-state index in [9.17, 15) is 0 Å². The lowest BCUT2D eigenvalue weighted by atomic mass is 9.79. The molecule has 0 saturated heterocycles. The third-order valence-electron chi connectivity index (χ3n) is 4.16. The Morgan fingerprint density at radius 1 is 1.32 bits per heavy atom. The summed E-state index contributed by atoms with van der Waals surface area (Å²) in [4.78, 5) is 9.09. The van der Waals surface area contributed by atoms with Crippen molar-refractivity contribution in [1.29, 1.82) is 0 Å². The molecule has 1 aromatic heterocycles. The number of hydrogen-bond donors (Lipinski definition) is 1. The van der Waals surface area contributed by atoms with Crippen LogP contribution in [-0.4, -0.2) is 23.6 Å². The topological polar surface area (TPSA) is 47.0 Å². The van der Waals surface area contributed by atoms with Crippen LogP contribution in [0.5, 0.6) is 0 Å². The molecular weight excluding hydrogens is 238 g/mol. The van der Waals surface area contributed by atoms with Crippen LogP contribution in [0.3, 0.4) is 0 Å². The summed E-state index contributed by atoms with van der Waals surface area (Å²) in [6, 6.07) is 0. The molecule has 1 aliphatic rings. The van der Waals surface area contributed by atoms with Gasteiger partial charge in [-0.05, 0) is 38.1 Å². The lowest BCUT2D eigenvalue weighted by Gasteiger charge is -2.36. The quantitative estimate of drug-likeness (QED) is 0.887. The van der Waals surface area contributed by atoms with Gasteiger partial charge >= 0.3 is 0 Å². The van der Waals surface area contributed by atoms with Gasteiger partial charge in [-0.2, -0.15) is 0 Å². The molecule has 0 bridgehead atoms. The molecule has 4 heteroatoms. The number of nitrogens with one attached hydrogen (secondary N) is 1. The Balaban J connectivity index is 2.10. The highest BCUT2D eigenvalue weighted by molar-refractivity contribution is 5.10. The van der Waals surface area contributed by atoms with E-state index in [-0.39, 0.29) is 5.60 Å². The number of methoxy groups -OCH3 is 1. The molecule has 1 fully saturated rings. The first-order valence-electron chi connectivity index (χ1n) is 7.27. The predicted octanol–water partition coefficient (Wildman–Crippen LogP) is 2.64. The van der Waals surface area contributed by atoms with Crippen molar-refractivity contribution in [2.75, 3.05) is 13.7 Å². The second kappa shape index (κ2) is 6.44.